The lowest BCUT2D eigenvalue weighted by Crippen LogP contribution is -2.25. The molecule has 0 saturated carbocycles. The van der Waals surface area contributed by atoms with Crippen molar-refractivity contribution in [2.45, 2.75) is 18.7 Å². The van der Waals surface area contributed by atoms with Gasteiger partial charge in [0.05, 0.1) is 10.6 Å². The Hall–Kier alpha value is -0.710. The number of hydrogen-bond acceptors (Lipinski definition) is 3. The zero-order chi connectivity index (χ0) is 13.5. The number of rotatable bonds is 7. The highest BCUT2D eigenvalue weighted by molar-refractivity contribution is 7.99. The highest BCUT2D eigenvalue weighted by Crippen LogP contribution is 2.28. The molecule has 0 spiro atoms. The standard InChI is InChI=1S/C13H18ClNO2S/c1-3-15(4-2)8-9-18-11-7-5-6-10(14)12(11)13(16)17/h5-7H,3-4,8-9H2,1-2H3,(H,16,17). The molecular weight excluding hydrogens is 270 g/mol. The normalized spacial score (nSPS) is 10.9. The van der Waals surface area contributed by atoms with Gasteiger partial charge in [0.15, 0.2) is 0 Å². The number of hydrogen-bond donors (Lipinski definition) is 1. The van der Waals surface area contributed by atoms with E-state index in [-0.39, 0.29) is 5.56 Å². The first-order chi connectivity index (χ1) is 8.60. The second-order valence-electron chi connectivity index (χ2n) is 3.79. The summed E-state index contributed by atoms with van der Waals surface area (Å²) < 4.78 is 0. The molecule has 3 nitrogen and oxygen atoms in total. The second-order valence-corrected chi connectivity index (χ2v) is 5.34. The zero-order valence-corrected chi connectivity index (χ0v) is 12.2. The molecule has 1 aromatic rings. The lowest BCUT2D eigenvalue weighted by atomic mass is 10.2. The summed E-state index contributed by atoms with van der Waals surface area (Å²) in [4.78, 5) is 14.2. The van der Waals surface area contributed by atoms with Crippen molar-refractivity contribution in [3.63, 3.8) is 0 Å². The van der Waals surface area contributed by atoms with Crippen molar-refractivity contribution in [3.05, 3.63) is 28.8 Å². The summed E-state index contributed by atoms with van der Waals surface area (Å²) in [7, 11) is 0. The van der Waals surface area contributed by atoms with E-state index in [1.165, 1.54) is 0 Å². The molecule has 0 aliphatic carbocycles. The van der Waals surface area contributed by atoms with Gasteiger partial charge in [-0.3, -0.25) is 0 Å². The van der Waals surface area contributed by atoms with Gasteiger partial charge in [0.1, 0.15) is 0 Å². The SMILES string of the molecule is CCN(CC)CCSc1cccc(Cl)c1C(=O)O. The maximum atomic E-state index is 11.1. The monoisotopic (exact) mass is 287 g/mol. The number of nitrogens with zero attached hydrogens (tertiary/aromatic N) is 1. The fourth-order valence-electron chi connectivity index (χ4n) is 1.66. The summed E-state index contributed by atoms with van der Waals surface area (Å²) in [6, 6.07) is 5.20. The smallest absolute Gasteiger partial charge is 0.338 e. The van der Waals surface area contributed by atoms with E-state index in [4.69, 9.17) is 16.7 Å². The molecule has 100 valence electrons. The van der Waals surface area contributed by atoms with Crippen LogP contribution in [-0.2, 0) is 0 Å². The Balaban J connectivity index is 2.67. The first-order valence-corrected chi connectivity index (χ1v) is 7.33. The lowest BCUT2D eigenvalue weighted by molar-refractivity contribution is 0.0693. The van der Waals surface area contributed by atoms with E-state index >= 15 is 0 Å². The van der Waals surface area contributed by atoms with Crippen molar-refractivity contribution >= 4 is 29.3 Å². The van der Waals surface area contributed by atoms with Crippen molar-refractivity contribution in [3.8, 4) is 0 Å². The topological polar surface area (TPSA) is 40.5 Å². The van der Waals surface area contributed by atoms with Gasteiger partial charge in [-0.05, 0) is 25.2 Å². The summed E-state index contributed by atoms with van der Waals surface area (Å²) in [6.07, 6.45) is 0. The van der Waals surface area contributed by atoms with Gasteiger partial charge in [-0.15, -0.1) is 11.8 Å². The van der Waals surface area contributed by atoms with E-state index in [0.717, 1.165) is 30.3 Å². The Labute approximate surface area is 117 Å². The summed E-state index contributed by atoms with van der Waals surface area (Å²) in [6.45, 7) is 7.21. The van der Waals surface area contributed by atoms with Crippen LogP contribution in [0, 0.1) is 0 Å². The summed E-state index contributed by atoms with van der Waals surface area (Å²) in [5.41, 5.74) is 0.212. The number of benzene rings is 1. The quantitative estimate of drug-likeness (QED) is 0.780. The molecule has 0 radical (unpaired) electrons. The molecule has 0 fully saturated rings. The number of carbonyl (C=O) groups is 1. The fourth-order valence-corrected chi connectivity index (χ4v) is 3.05. The first kappa shape index (κ1) is 15.3. The third kappa shape index (κ3) is 4.19. The minimum absolute atomic E-state index is 0.212. The number of aromatic carboxylic acids is 1. The molecule has 0 aliphatic heterocycles. The second kappa shape index (κ2) is 7.67. The van der Waals surface area contributed by atoms with Crippen LogP contribution in [0.3, 0.4) is 0 Å². The molecule has 0 bridgehead atoms. The zero-order valence-electron chi connectivity index (χ0n) is 10.6. The van der Waals surface area contributed by atoms with Crippen LogP contribution in [0.4, 0.5) is 0 Å². The Morgan fingerprint density at radius 1 is 1.39 bits per heavy atom. The minimum Gasteiger partial charge on any atom is -0.478 e. The number of carboxylic acids is 1. The Morgan fingerprint density at radius 2 is 2.06 bits per heavy atom. The molecule has 1 N–H and O–H groups in total. The third-order valence-corrected chi connectivity index (χ3v) is 4.10. The molecule has 18 heavy (non-hydrogen) atoms. The molecule has 0 atom stereocenters. The van der Waals surface area contributed by atoms with Crippen molar-refractivity contribution in [1.82, 2.24) is 4.90 Å². The number of halogens is 1. The highest BCUT2D eigenvalue weighted by atomic mass is 35.5. The fraction of sp³-hybridized carbons (Fsp3) is 0.462. The Kier molecular flexibility index (Phi) is 6.54. The predicted molar refractivity (Wildman–Crippen MR) is 76.9 cm³/mol. The molecule has 5 heteroatoms. The number of thioether (sulfide) groups is 1. The highest BCUT2D eigenvalue weighted by Gasteiger charge is 2.14. The molecular formula is C13H18ClNO2S. The van der Waals surface area contributed by atoms with Crippen LogP contribution < -0.4 is 0 Å². The van der Waals surface area contributed by atoms with Crippen molar-refractivity contribution < 1.29 is 9.90 Å². The average molecular weight is 288 g/mol. The van der Waals surface area contributed by atoms with Gasteiger partial charge in [-0.2, -0.15) is 0 Å². The molecule has 0 amide bonds. The van der Waals surface area contributed by atoms with E-state index in [1.807, 2.05) is 6.07 Å². The van der Waals surface area contributed by atoms with Crippen LogP contribution in [0.1, 0.15) is 24.2 Å². The minimum atomic E-state index is -0.967. The average Bonchev–Trinajstić information content (AvgIpc) is 2.34. The van der Waals surface area contributed by atoms with Crippen LogP contribution in [-0.4, -0.2) is 41.4 Å². The molecule has 0 aliphatic rings. The van der Waals surface area contributed by atoms with Crippen LogP contribution in [0.5, 0.6) is 0 Å². The van der Waals surface area contributed by atoms with E-state index < -0.39 is 5.97 Å². The van der Waals surface area contributed by atoms with Crippen LogP contribution in [0.25, 0.3) is 0 Å². The van der Waals surface area contributed by atoms with Gasteiger partial charge < -0.3 is 10.0 Å². The van der Waals surface area contributed by atoms with Gasteiger partial charge >= 0.3 is 5.97 Å². The molecule has 1 aromatic carbocycles. The van der Waals surface area contributed by atoms with Crippen LogP contribution in [0.15, 0.2) is 23.1 Å². The molecule has 0 saturated heterocycles. The predicted octanol–water partition coefficient (Wildman–Crippen LogP) is 3.47. The maximum Gasteiger partial charge on any atom is 0.338 e. The molecule has 0 heterocycles. The summed E-state index contributed by atoms with van der Waals surface area (Å²) >= 11 is 7.46. The van der Waals surface area contributed by atoms with Gasteiger partial charge in [-0.25, -0.2) is 4.79 Å². The maximum absolute atomic E-state index is 11.1. The summed E-state index contributed by atoms with van der Waals surface area (Å²) in [5.74, 6) is -0.103. The molecule has 0 unspecified atom stereocenters. The largest absolute Gasteiger partial charge is 0.478 e. The van der Waals surface area contributed by atoms with E-state index in [1.54, 1.807) is 23.9 Å². The van der Waals surface area contributed by atoms with Crippen molar-refractivity contribution in [2.75, 3.05) is 25.4 Å². The van der Waals surface area contributed by atoms with E-state index in [0.29, 0.717) is 5.02 Å². The number of carboxylic acid groups (broad SMARTS) is 1. The Bertz CT molecular complexity index is 408. The van der Waals surface area contributed by atoms with E-state index in [9.17, 15) is 4.79 Å². The van der Waals surface area contributed by atoms with Crippen LogP contribution >= 0.6 is 23.4 Å². The lowest BCUT2D eigenvalue weighted by Gasteiger charge is -2.17. The van der Waals surface area contributed by atoms with Gasteiger partial charge in [-0.1, -0.05) is 31.5 Å². The van der Waals surface area contributed by atoms with E-state index in [2.05, 4.69) is 18.7 Å². The van der Waals surface area contributed by atoms with Crippen molar-refractivity contribution in [1.29, 1.82) is 0 Å². The molecule has 1 rings (SSSR count). The first-order valence-electron chi connectivity index (χ1n) is 5.97. The van der Waals surface area contributed by atoms with Gasteiger partial charge in [0, 0.05) is 17.2 Å². The summed E-state index contributed by atoms with van der Waals surface area (Å²) in [5, 5.41) is 9.44. The third-order valence-electron chi connectivity index (χ3n) is 2.75. The Morgan fingerprint density at radius 3 is 2.61 bits per heavy atom. The van der Waals surface area contributed by atoms with Crippen molar-refractivity contribution in [2.24, 2.45) is 0 Å². The van der Waals surface area contributed by atoms with Gasteiger partial charge in [0.2, 0.25) is 0 Å². The van der Waals surface area contributed by atoms with Crippen LogP contribution in [0.2, 0.25) is 5.02 Å². The van der Waals surface area contributed by atoms with Gasteiger partial charge in [0.25, 0.3) is 0 Å². The molecule has 0 aromatic heterocycles.